The van der Waals surface area contributed by atoms with Crippen molar-refractivity contribution >= 4 is 27.7 Å². The molecule has 4 heteroatoms. The van der Waals surface area contributed by atoms with E-state index < -0.39 is 0 Å². The molecule has 1 atom stereocenters. The van der Waals surface area contributed by atoms with Crippen LogP contribution in [0.1, 0.15) is 24.9 Å². The second kappa shape index (κ2) is 6.53. The fourth-order valence-corrected chi connectivity index (χ4v) is 2.99. The molecule has 0 unspecified atom stereocenters. The van der Waals surface area contributed by atoms with Gasteiger partial charge in [-0.2, -0.15) is 0 Å². The largest absolute Gasteiger partial charge is 0.396 e. The Labute approximate surface area is 103 Å². The third-order valence-corrected chi connectivity index (χ3v) is 3.80. The molecule has 0 aliphatic carbocycles. The van der Waals surface area contributed by atoms with Gasteiger partial charge in [-0.25, -0.2) is 0 Å². The molecule has 0 heterocycles. The number of hydrogen-bond donors (Lipinski definition) is 2. The number of thioether (sulfide) groups is 1. The lowest BCUT2D eigenvalue weighted by molar-refractivity contribution is 0.296. The highest BCUT2D eigenvalue weighted by Crippen LogP contribution is 2.28. The molecule has 1 aromatic rings. The highest BCUT2D eigenvalue weighted by Gasteiger charge is 2.05. The Bertz CT molecular complexity index is 317. The first-order valence-corrected chi connectivity index (χ1v) is 6.71. The third-order valence-electron chi connectivity index (χ3n) is 2.03. The van der Waals surface area contributed by atoms with Crippen molar-refractivity contribution in [1.29, 1.82) is 0 Å². The number of aliphatic hydroxyl groups excluding tert-OH is 1. The monoisotopic (exact) mass is 289 g/mol. The van der Waals surface area contributed by atoms with Gasteiger partial charge in [0.25, 0.3) is 0 Å². The standard InChI is InChI=1S/C11H16BrNOS/c1-8(13)10-4-3-9(7-11(10)12)15-6-2-5-14/h3-4,7-8,14H,2,5-6,13H2,1H3/t8-/m0/s1. The molecule has 15 heavy (non-hydrogen) atoms. The third kappa shape index (κ3) is 4.15. The summed E-state index contributed by atoms with van der Waals surface area (Å²) < 4.78 is 1.06. The van der Waals surface area contributed by atoms with Gasteiger partial charge in [-0.15, -0.1) is 11.8 Å². The number of halogens is 1. The van der Waals surface area contributed by atoms with Crippen molar-refractivity contribution in [3.8, 4) is 0 Å². The van der Waals surface area contributed by atoms with Gasteiger partial charge < -0.3 is 10.8 Å². The van der Waals surface area contributed by atoms with Crippen molar-refractivity contribution in [1.82, 2.24) is 0 Å². The lowest BCUT2D eigenvalue weighted by Crippen LogP contribution is -2.05. The van der Waals surface area contributed by atoms with Crippen molar-refractivity contribution in [3.63, 3.8) is 0 Å². The van der Waals surface area contributed by atoms with Crippen molar-refractivity contribution in [2.24, 2.45) is 5.73 Å². The average Bonchev–Trinajstić information content (AvgIpc) is 2.17. The first-order valence-electron chi connectivity index (χ1n) is 4.94. The van der Waals surface area contributed by atoms with Crippen LogP contribution in [0, 0.1) is 0 Å². The lowest BCUT2D eigenvalue weighted by Gasteiger charge is -2.09. The summed E-state index contributed by atoms with van der Waals surface area (Å²) in [6, 6.07) is 6.26. The number of benzene rings is 1. The fourth-order valence-electron chi connectivity index (χ4n) is 1.22. The molecule has 1 aromatic carbocycles. The normalized spacial score (nSPS) is 12.8. The Balaban J connectivity index is 2.65. The predicted molar refractivity (Wildman–Crippen MR) is 69.2 cm³/mol. The van der Waals surface area contributed by atoms with Gasteiger partial charge in [-0.05, 0) is 31.0 Å². The van der Waals surface area contributed by atoms with E-state index >= 15 is 0 Å². The van der Waals surface area contributed by atoms with Crippen LogP contribution in [0.15, 0.2) is 27.6 Å². The SMILES string of the molecule is C[C@H](N)c1ccc(SCCCO)cc1Br. The number of hydrogen-bond acceptors (Lipinski definition) is 3. The van der Waals surface area contributed by atoms with Crippen LogP contribution >= 0.6 is 27.7 Å². The van der Waals surface area contributed by atoms with Crippen LogP contribution < -0.4 is 5.73 Å². The first kappa shape index (κ1) is 13.0. The highest BCUT2D eigenvalue weighted by atomic mass is 79.9. The van der Waals surface area contributed by atoms with E-state index in [1.807, 2.05) is 6.92 Å². The van der Waals surface area contributed by atoms with Gasteiger partial charge in [0.2, 0.25) is 0 Å². The van der Waals surface area contributed by atoms with Gasteiger partial charge in [0.15, 0.2) is 0 Å². The molecule has 0 aliphatic rings. The minimum absolute atomic E-state index is 0.0517. The number of rotatable bonds is 5. The topological polar surface area (TPSA) is 46.2 Å². The van der Waals surface area contributed by atoms with Crippen LogP contribution in [0.3, 0.4) is 0 Å². The lowest BCUT2D eigenvalue weighted by atomic mass is 10.1. The van der Waals surface area contributed by atoms with Gasteiger partial charge in [0.05, 0.1) is 0 Å². The average molecular weight is 290 g/mol. The molecular weight excluding hydrogens is 274 g/mol. The summed E-state index contributed by atoms with van der Waals surface area (Å²) in [6.45, 7) is 2.23. The zero-order valence-corrected chi connectivity index (χ0v) is 11.1. The maximum Gasteiger partial charge on any atom is 0.0439 e. The Morgan fingerprint density at radius 1 is 1.53 bits per heavy atom. The van der Waals surface area contributed by atoms with Crippen LogP contribution in [0.5, 0.6) is 0 Å². The summed E-state index contributed by atoms with van der Waals surface area (Å²) in [5.74, 6) is 0.945. The highest BCUT2D eigenvalue weighted by molar-refractivity contribution is 9.10. The molecule has 0 fully saturated rings. The zero-order chi connectivity index (χ0) is 11.3. The van der Waals surface area contributed by atoms with E-state index in [1.54, 1.807) is 11.8 Å². The first-order chi connectivity index (χ1) is 7.15. The Morgan fingerprint density at radius 2 is 2.27 bits per heavy atom. The van der Waals surface area contributed by atoms with Crippen LogP contribution in [0.2, 0.25) is 0 Å². The second-order valence-corrected chi connectivity index (χ2v) is 5.42. The molecule has 0 aromatic heterocycles. The van der Waals surface area contributed by atoms with Gasteiger partial charge in [0, 0.05) is 27.8 Å². The van der Waals surface area contributed by atoms with E-state index in [1.165, 1.54) is 4.90 Å². The van der Waals surface area contributed by atoms with Gasteiger partial charge in [0.1, 0.15) is 0 Å². The van der Waals surface area contributed by atoms with E-state index in [4.69, 9.17) is 10.8 Å². The molecule has 0 bridgehead atoms. The van der Waals surface area contributed by atoms with Crippen LogP contribution in [0.25, 0.3) is 0 Å². The van der Waals surface area contributed by atoms with Crippen LogP contribution in [-0.2, 0) is 0 Å². The Morgan fingerprint density at radius 3 is 2.80 bits per heavy atom. The quantitative estimate of drug-likeness (QED) is 0.647. The summed E-state index contributed by atoms with van der Waals surface area (Å²) in [6.07, 6.45) is 0.831. The summed E-state index contributed by atoms with van der Waals surface area (Å²) in [5.41, 5.74) is 6.94. The molecular formula is C11H16BrNOS. The van der Waals surface area contributed by atoms with Crippen LogP contribution in [0.4, 0.5) is 0 Å². The molecule has 1 rings (SSSR count). The smallest absolute Gasteiger partial charge is 0.0439 e. The molecule has 0 saturated heterocycles. The molecule has 0 spiro atoms. The summed E-state index contributed by atoms with van der Waals surface area (Å²) in [7, 11) is 0. The van der Waals surface area contributed by atoms with E-state index in [9.17, 15) is 0 Å². The van der Waals surface area contributed by atoms with Gasteiger partial charge in [-0.1, -0.05) is 22.0 Å². The van der Waals surface area contributed by atoms with Crippen LogP contribution in [-0.4, -0.2) is 17.5 Å². The molecule has 2 nitrogen and oxygen atoms in total. The zero-order valence-electron chi connectivity index (χ0n) is 8.74. The summed E-state index contributed by atoms with van der Waals surface area (Å²) >= 11 is 5.26. The minimum atomic E-state index is 0.0517. The van der Waals surface area contributed by atoms with Crippen molar-refractivity contribution < 1.29 is 5.11 Å². The van der Waals surface area contributed by atoms with Crippen molar-refractivity contribution in [2.75, 3.05) is 12.4 Å². The van der Waals surface area contributed by atoms with Gasteiger partial charge >= 0.3 is 0 Å². The molecule has 0 amide bonds. The maximum absolute atomic E-state index is 8.68. The van der Waals surface area contributed by atoms with E-state index in [0.29, 0.717) is 0 Å². The molecule has 3 N–H and O–H groups in total. The molecule has 0 radical (unpaired) electrons. The predicted octanol–water partition coefficient (Wildman–Crippen LogP) is 2.94. The fraction of sp³-hybridized carbons (Fsp3) is 0.455. The minimum Gasteiger partial charge on any atom is -0.396 e. The Hall–Kier alpha value is -0.0300. The Kier molecular flexibility index (Phi) is 5.68. The van der Waals surface area contributed by atoms with Crippen molar-refractivity contribution in [2.45, 2.75) is 24.3 Å². The molecule has 0 aliphatic heterocycles. The van der Waals surface area contributed by atoms with Crippen molar-refractivity contribution in [3.05, 3.63) is 28.2 Å². The second-order valence-electron chi connectivity index (χ2n) is 3.40. The number of aliphatic hydroxyl groups is 1. The molecule has 0 saturated carbocycles. The van der Waals surface area contributed by atoms with Gasteiger partial charge in [-0.3, -0.25) is 0 Å². The number of nitrogens with two attached hydrogens (primary N) is 1. The van der Waals surface area contributed by atoms with E-state index in [0.717, 1.165) is 22.2 Å². The molecule has 84 valence electrons. The van der Waals surface area contributed by atoms with E-state index in [2.05, 4.69) is 34.1 Å². The summed E-state index contributed by atoms with van der Waals surface area (Å²) in [4.78, 5) is 1.21. The van der Waals surface area contributed by atoms with E-state index in [-0.39, 0.29) is 12.6 Å². The maximum atomic E-state index is 8.68. The summed E-state index contributed by atoms with van der Waals surface area (Å²) in [5, 5.41) is 8.68.